The number of hydrogen-bond donors (Lipinski definition) is 6. The lowest BCUT2D eigenvalue weighted by atomic mass is 9.99. The minimum absolute atomic E-state index is 0.124. The van der Waals surface area contributed by atoms with E-state index in [4.69, 9.17) is 14.2 Å². The molecule has 1 aliphatic rings. The Morgan fingerprint density at radius 3 is 1.14 bits per heavy atom. The maximum atomic E-state index is 13.5. The van der Waals surface area contributed by atoms with E-state index >= 15 is 0 Å². The molecule has 1 amide bonds. The highest BCUT2D eigenvalue weighted by molar-refractivity contribution is 5.80. The molecule has 0 saturated carbocycles. The molecule has 8 unspecified atom stereocenters. The van der Waals surface area contributed by atoms with Crippen LogP contribution in [0, 0.1) is 0 Å². The zero-order valence-electron chi connectivity index (χ0n) is 55.8. The molecule has 11 heteroatoms. The summed E-state index contributed by atoms with van der Waals surface area (Å²) in [5.74, 6) is -1.18. The number of nitrogens with one attached hydrogen (secondary N) is 1. The van der Waals surface area contributed by atoms with Gasteiger partial charge in [0.05, 0.1) is 25.4 Å². The van der Waals surface area contributed by atoms with Crippen LogP contribution in [0.3, 0.4) is 0 Å². The van der Waals surface area contributed by atoms with Gasteiger partial charge < -0.3 is 45.1 Å². The third-order valence-electron chi connectivity index (χ3n) is 17.5. The molecule has 1 fully saturated rings. The van der Waals surface area contributed by atoms with Crippen LogP contribution in [0.1, 0.15) is 361 Å². The highest BCUT2D eigenvalue weighted by Crippen LogP contribution is 2.26. The molecule has 85 heavy (non-hydrogen) atoms. The van der Waals surface area contributed by atoms with Crippen molar-refractivity contribution in [3.63, 3.8) is 0 Å². The van der Waals surface area contributed by atoms with Crippen LogP contribution in [0.2, 0.25) is 0 Å². The lowest BCUT2D eigenvalue weighted by Gasteiger charge is -2.41. The fraction of sp³-hybridized carbons (Fsp3) is 0.892. The molecule has 0 aromatic heterocycles. The highest BCUT2D eigenvalue weighted by atomic mass is 16.7. The average Bonchev–Trinajstić information content (AvgIpc) is 3.17. The summed E-state index contributed by atoms with van der Waals surface area (Å²) in [7, 11) is 0. The lowest BCUT2D eigenvalue weighted by Crippen LogP contribution is -2.61. The van der Waals surface area contributed by atoms with Crippen LogP contribution in [0.15, 0.2) is 36.5 Å². The Hall–Kier alpha value is -2.12. The normalized spacial score (nSPS) is 18.5. The largest absolute Gasteiger partial charge is 0.454 e. The molecule has 1 saturated heterocycles. The van der Waals surface area contributed by atoms with E-state index in [1.165, 1.54) is 257 Å². The molecule has 1 heterocycles. The van der Waals surface area contributed by atoms with Crippen molar-refractivity contribution in [1.82, 2.24) is 5.32 Å². The molecule has 500 valence electrons. The third-order valence-corrected chi connectivity index (χ3v) is 17.5. The summed E-state index contributed by atoms with van der Waals surface area (Å²) in [6, 6.07) is -1.02. The predicted molar refractivity (Wildman–Crippen MR) is 357 cm³/mol. The smallest absolute Gasteiger partial charge is 0.306 e. The first-order valence-electron chi connectivity index (χ1n) is 36.8. The van der Waals surface area contributed by atoms with Crippen molar-refractivity contribution >= 4 is 11.9 Å². The number of aliphatic hydroxyl groups excluding tert-OH is 5. The number of aliphatic hydroxyl groups is 5. The van der Waals surface area contributed by atoms with E-state index in [0.717, 1.165) is 57.8 Å². The molecule has 0 spiro atoms. The molecule has 0 aromatic carbocycles. The summed E-state index contributed by atoms with van der Waals surface area (Å²) in [6.45, 7) is 5.84. The summed E-state index contributed by atoms with van der Waals surface area (Å²) >= 11 is 0. The Kier molecular flexibility index (Phi) is 59.1. The minimum Gasteiger partial charge on any atom is -0.454 e. The van der Waals surface area contributed by atoms with E-state index in [1.54, 1.807) is 6.08 Å². The van der Waals surface area contributed by atoms with Crippen LogP contribution in [-0.4, -0.2) is 99.6 Å². The van der Waals surface area contributed by atoms with Crippen LogP contribution in [-0.2, 0) is 23.8 Å². The van der Waals surface area contributed by atoms with E-state index < -0.39 is 67.4 Å². The maximum Gasteiger partial charge on any atom is 0.306 e. The summed E-state index contributed by atoms with van der Waals surface area (Å²) < 4.78 is 17.7. The Bertz CT molecular complexity index is 1520. The van der Waals surface area contributed by atoms with Crippen molar-refractivity contribution in [3.8, 4) is 0 Å². The first kappa shape index (κ1) is 80.9. The van der Waals surface area contributed by atoms with E-state index in [2.05, 4.69) is 50.4 Å². The Morgan fingerprint density at radius 2 is 0.776 bits per heavy atom. The summed E-state index contributed by atoms with van der Waals surface area (Å²) in [4.78, 5) is 26.7. The molecular weight excluding hydrogens is 1060 g/mol. The summed E-state index contributed by atoms with van der Waals surface area (Å²) in [5.41, 5.74) is 0. The van der Waals surface area contributed by atoms with Crippen molar-refractivity contribution in [1.29, 1.82) is 0 Å². The van der Waals surface area contributed by atoms with E-state index in [1.807, 2.05) is 6.08 Å². The Balaban J connectivity index is 2.57. The molecular formula is C74H139NO10. The van der Waals surface area contributed by atoms with Crippen molar-refractivity contribution in [2.45, 2.75) is 410 Å². The van der Waals surface area contributed by atoms with Crippen molar-refractivity contribution in [3.05, 3.63) is 36.5 Å². The molecule has 6 N–H and O–H groups in total. The van der Waals surface area contributed by atoms with E-state index in [9.17, 15) is 35.1 Å². The monoisotopic (exact) mass is 1200 g/mol. The molecule has 11 nitrogen and oxygen atoms in total. The number of hydrogen-bond acceptors (Lipinski definition) is 10. The van der Waals surface area contributed by atoms with Crippen LogP contribution >= 0.6 is 0 Å². The van der Waals surface area contributed by atoms with Gasteiger partial charge in [-0.25, -0.2) is 0 Å². The average molecular weight is 1200 g/mol. The minimum atomic E-state index is -1.61. The zero-order chi connectivity index (χ0) is 61.7. The lowest BCUT2D eigenvalue weighted by molar-refractivity contribution is -0.305. The van der Waals surface area contributed by atoms with Crippen molar-refractivity contribution < 1.29 is 49.3 Å². The van der Waals surface area contributed by atoms with Crippen LogP contribution in [0.5, 0.6) is 0 Å². The molecule has 0 aromatic rings. The standard InChI is InChI=1S/C74H139NO10/c1-4-7-10-13-16-19-22-25-27-29-31-32-33-34-35-37-38-40-43-46-49-52-55-58-61-67(78)73(82)75-65(66(77)60-57-54-51-48-45-42-24-21-18-15-12-9-6-3)64-83-74-72(71(81)70(80)68(63-76)84-74)85-69(79)62-59-56-53-50-47-44-41-39-36-30-28-26-23-20-17-14-11-8-5-2/h25-28,57,60,65-68,70-72,74,76-78,80-81H,4-24,29-56,58-59,61-64H2,1-3H3,(H,75,82)/b27-25+,28-26+,60-57+. The molecule has 1 aliphatic heterocycles. The van der Waals surface area contributed by atoms with Gasteiger partial charge in [-0.3, -0.25) is 9.59 Å². The second kappa shape index (κ2) is 62.1. The fourth-order valence-corrected chi connectivity index (χ4v) is 11.7. The predicted octanol–water partition coefficient (Wildman–Crippen LogP) is 19.0. The number of ether oxygens (including phenoxy) is 3. The van der Waals surface area contributed by atoms with Gasteiger partial charge in [0.25, 0.3) is 0 Å². The number of carbonyl (C=O) groups excluding carboxylic acids is 2. The second-order valence-corrected chi connectivity index (χ2v) is 25.7. The number of amides is 1. The van der Waals surface area contributed by atoms with Crippen molar-refractivity contribution in [2.24, 2.45) is 0 Å². The van der Waals surface area contributed by atoms with Gasteiger partial charge in [-0.1, -0.05) is 314 Å². The molecule has 8 atom stereocenters. The second-order valence-electron chi connectivity index (χ2n) is 25.7. The van der Waals surface area contributed by atoms with Crippen LogP contribution < -0.4 is 5.32 Å². The van der Waals surface area contributed by atoms with Crippen molar-refractivity contribution in [2.75, 3.05) is 13.2 Å². The van der Waals surface area contributed by atoms with Gasteiger partial charge >= 0.3 is 5.97 Å². The molecule has 0 bridgehead atoms. The fourth-order valence-electron chi connectivity index (χ4n) is 11.7. The van der Waals surface area contributed by atoms with Crippen LogP contribution in [0.4, 0.5) is 0 Å². The quantitative estimate of drug-likeness (QED) is 0.0195. The first-order chi connectivity index (χ1) is 41.7. The number of esters is 1. The number of rotatable bonds is 64. The topological polar surface area (TPSA) is 175 Å². The zero-order valence-corrected chi connectivity index (χ0v) is 55.8. The van der Waals surface area contributed by atoms with Gasteiger partial charge in [0.2, 0.25) is 5.91 Å². The summed E-state index contributed by atoms with van der Waals surface area (Å²) in [6.07, 6.45) is 66.1. The van der Waals surface area contributed by atoms with E-state index in [0.29, 0.717) is 19.3 Å². The van der Waals surface area contributed by atoms with E-state index in [-0.39, 0.29) is 13.0 Å². The first-order valence-corrected chi connectivity index (χ1v) is 36.8. The van der Waals surface area contributed by atoms with Gasteiger partial charge in [0.1, 0.15) is 24.4 Å². The number of unbranched alkanes of at least 4 members (excludes halogenated alkanes) is 46. The van der Waals surface area contributed by atoms with Gasteiger partial charge in [0.15, 0.2) is 12.4 Å². The number of allylic oxidation sites excluding steroid dienone is 5. The van der Waals surface area contributed by atoms with Gasteiger partial charge in [-0.05, 0) is 77.0 Å². The maximum absolute atomic E-state index is 13.5. The Morgan fingerprint density at radius 1 is 0.447 bits per heavy atom. The van der Waals surface area contributed by atoms with Gasteiger partial charge in [-0.15, -0.1) is 0 Å². The molecule has 0 radical (unpaired) electrons. The van der Waals surface area contributed by atoms with Gasteiger partial charge in [-0.2, -0.15) is 0 Å². The SMILES string of the molecule is CCCCCCCC/C=C/CCCCCCCCCCCCCCCCC(O)C(=O)NC(COC1OC(CO)C(O)C(O)C1OC(=O)CCCCCCCCCCC/C=C/CCCCCCCC)C(O)/C=C/CCCCCCCCCCCCC. The highest BCUT2D eigenvalue weighted by Gasteiger charge is 2.47. The van der Waals surface area contributed by atoms with Gasteiger partial charge in [0, 0.05) is 6.42 Å². The summed E-state index contributed by atoms with van der Waals surface area (Å²) in [5, 5.41) is 57.3. The Labute approximate surface area is 523 Å². The molecule has 1 rings (SSSR count). The number of carbonyl (C=O) groups is 2. The third kappa shape index (κ3) is 49.4. The molecule has 0 aliphatic carbocycles. The van der Waals surface area contributed by atoms with Crippen LogP contribution in [0.25, 0.3) is 0 Å².